The van der Waals surface area contributed by atoms with E-state index in [9.17, 15) is 9.59 Å². The lowest BCUT2D eigenvalue weighted by Gasteiger charge is -2.14. The number of ether oxygens (including phenoxy) is 1. The number of carbonyl (C=O) groups excluding carboxylic acids is 2. The summed E-state index contributed by atoms with van der Waals surface area (Å²) in [5.41, 5.74) is 0.719. The van der Waals surface area contributed by atoms with Crippen LogP contribution in [0.15, 0.2) is 30.3 Å². The molecule has 0 bridgehead atoms. The van der Waals surface area contributed by atoms with Crippen molar-refractivity contribution < 1.29 is 14.3 Å². The Morgan fingerprint density at radius 1 is 1.19 bits per heavy atom. The molecule has 1 rings (SSSR count). The van der Waals surface area contributed by atoms with Crippen LogP contribution in [0.1, 0.15) is 42.5 Å². The third kappa shape index (κ3) is 7.53. The van der Waals surface area contributed by atoms with Crippen LogP contribution in [0.2, 0.25) is 0 Å². The summed E-state index contributed by atoms with van der Waals surface area (Å²) < 4.78 is 4.61. The Morgan fingerprint density at radius 2 is 1.90 bits per heavy atom. The van der Waals surface area contributed by atoms with Gasteiger partial charge in [-0.3, -0.25) is 9.59 Å². The van der Waals surface area contributed by atoms with Crippen LogP contribution in [0.3, 0.4) is 0 Å². The van der Waals surface area contributed by atoms with Gasteiger partial charge in [-0.1, -0.05) is 48.5 Å². The molecule has 3 nitrogen and oxygen atoms in total. The summed E-state index contributed by atoms with van der Waals surface area (Å²) >= 11 is 7.16. The average Bonchev–Trinajstić information content (AvgIpc) is 2.52. The van der Waals surface area contributed by atoms with Crippen molar-refractivity contribution in [2.75, 3.05) is 13.0 Å². The van der Waals surface area contributed by atoms with Crippen molar-refractivity contribution in [3.8, 4) is 0 Å². The van der Waals surface area contributed by atoms with Crippen LogP contribution in [0.25, 0.3) is 0 Å². The fraction of sp³-hybridized carbons (Fsp3) is 0.500. The topological polar surface area (TPSA) is 43.4 Å². The molecule has 0 fully saturated rings. The molecular weight excluding hydrogens is 308 g/mol. The number of esters is 1. The number of hydrogen-bond donors (Lipinski definition) is 0. The van der Waals surface area contributed by atoms with Crippen molar-refractivity contribution in [3.63, 3.8) is 0 Å². The minimum Gasteiger partial charge on any atom is -0.469 e. The fourth-order valence-corrected chi connectivity index (χ4v) is 3.41. The van der Waals surface area contributed by atoms with Gasteiger partial charge in [0.25, 0.3) is 0 Å². The van der Waals surface area contributed by atoms with E-state index in [0.29, 0.717) is 12.3 Å². The van der Waals surface area contributed by atoms with Gasteiger partial charge < -0.3 is 4.74 Å². The maximum absolute atomic E-state index is 12.2. The van der Waals surface area contributed by atoms with Crippen molar-refractivity contribution in [3.05, 3.63) is 35.9 Å². The SMILES string of the molecule is COC(=O)CCCCC(CCCl)SC(=O)c1ccccc1. The second kappa shape index (κ2) is 10.7. The fourth-order valence-electron chi connectivity index (χ4n) is 1.92. The van der Waals surface area contributed by atoms with Gasteiger partial charge in [0.1, 0.15) is 0 Å². The molecule has 0 aliphatic heterocycles. The van der Waals surface area contributed by atoms with Gasteiger partial charge in [0.2, 0.25) is 5.12 Å². The Balaban J connectivity index is 2.39. The Kier molecular flexibility index (Phi) is 9.19. The standard InChI is InChI=1S/C16H21ClO3S/c1-20-15(18)10-6-5-9-14(11-12-17)21-16(19)13-7-3-2-4-8-13/h2-4,7-8,14H,5-6,9-12H2,1H3. The van der Waals surface area contributed by atoms with E-state index in [1.165, 1.54) is 18.9 Å². The summed E-state index contributed by atoms with van der Waals surface area (Å²) in [5, 5.41) is 0.284. The highest BCUT2D eigenvalue weighted by Gasteiger charge is 2.15. The first kappa shape index (κ1) is 18.1. The molecule has 21 heavy (non-hydrogen) atoms. The molecule has 1 aromatic carbocycles. The monoisotopic (exact) mass is 328 g/mol. The third-order valence-corrected chi connectivity index (χ3v) is 4.57. The molecule has 0 saturated heterocycles. The summed E-state index contributed by atoms with van der Waals surface area (Å²) in [5.74, 6) is 0.355. The summed E-state index contributed by atoms with van der Waals surface area (Å²) in [4.78, 5) is 23.2. The molecule has 1 aromatic rings. The lowest BCUT2D eigenvalue weighted by Crippen LogP contribution is -2.09. The maximum Gasteiger partial charge on any atom is 0.305 e. The molecule has 1 atom stereocenters. The first-order valence-corrected chi connectivity index (χ1v) is 8.47. The number of halogens is 1. The number of benzene rings is 1. The number of rotatable bonds is 9. The van der Waals surface area contributed by atoms with E-state index in [1.54, 1.807) is 0 Å². The zero-order valence-corrected chi connectivity index (χ0v) is 13.8. The van der Waals surface area contributed by atoms with Gasteiger partial charge in [0, 0.05) is 23.1 Å². The molecular formula is C16H21ClO3S. The van der Waals surface area contributed by atoms with Gasteiger partial charge in [-0.25, -0.2) is 0 Å². The van der Waals surface area contributed by atoms with E-state index in [2.05, 4.69) is 4.74 Å². The predicted molar refractivity (Wildman–Crippen MR) is 88.0 cm³/mol. The number of unbranched alkanes of at least 4 members (excludes halogenated alkanes) is 1. The predicted octanol–water partition coefficient (Wildman–Crippen LogP) is 4.29. The Morgan fingerprint density at radius 3 is 2.52 bits per heavy atom. The second-order valence-corrected chi connectivity index (χ2v) is 6.34. The minimum atomic E-state index is -0.183. The number of hydrogen-bond acceptors (Lipinski definition) is 4. The van der Waals surface area contributed by atoms with Crippen LogP contribution in [0.4, 0.5) is 0 Å². The third-order valence-electron chi connectivity index (χ3n) is 3.10. The Hall–Kier alpha value is -1.00. The van der Waals surface area contributed by atoms with Crippen LogP contribution in [-0.4, -0.2) is 29.3 Å². The summed E-state index contributed by atoms with van der Waals surface area (Å²) in [7, 11) is 1.40. The molecule has 0 radical (unpaired) electrons. The maximum atomic E-state index is 12.2. The molecule has 0 aromatic heterocycles. The van der Waals surface area contributed by atoms with E-state index in [-0.39, 0.29) is 16.3 Å². The van der Waals surface area contributed by atoms with Gasteiger partial charge >= 0.3 is 5.97 Å². The van der Waals surface area contributed by atoms with Crippen LogP contribution in [-0.2, 0) is 9.53 Å². The number of methoxy groups -OCH3 is 1. The molecule has 0 heterocycles. The first-order valence-electron chi connectivity index (χ1n) is 7.06. The zero-order chi connectivity index (χ0) is 15.5. The molecule has 0 N–H and O–H groups in total. The van der Waals surface area contributed by atoms with Crippen molar-refractivity contribution in [1.29, 1.82) is 0 Å². The van der Waals surface area contributed by atoms with Gasteiger partial charge in [0.15, 0.2) is 0 Å². The average molecular weight is 329 g/mol. The van der Waals surface area contributed by atoms with Gasteiger partial charge in [-0.2, -0.15) is 0 Å². The lowest BCUT2D eigenvalue weighted by atomic mass is 10.1. The first-order chi connectivity index (χ1) is 10.2. The molecule has 116 valence electrons. The van der Waals surface area contributed by atoms with Crippen molar-refractivity contribution >= 4 is 34.4 Å². The quantitative estimate of drug-likeness (QED) is 0.385. The van der Waals surface area contributed by atoms with Crippen LogP contribution in [0, 0.1) is 0 Å². The van der Waals surface area contributed by atoms with Crippen LogP contribution >= 0.6 is 23.4 Å². The summed E-state index contributed by atoms with van der Waals surface area (Å²) in [6.07, 6.45) is 3.79. The van der Waals surface area contributed by atoms with E-state index in [4.69, 9.17) is 11.6 Å². The second-order valence-electron chi connectivity index (χ2n) is 4.69. The smallest absolute Gasteiger partial charge is 0.305 e. The molecule has 0 spiro atoms. The van der Waals surface area contributed by atoms with Crippen molar-refractivity contribution in [2.24, 2.45) is 0 Å². The molecule has 0 amide bonds. The normalized spacial score (nSPS) is 11.9. The van der Waals surface area contributed by atoms with Crippen LogP contribution in [0.5, 0.6) is 0 Å². The van der Waals surface area contributed by atoms with Gasteiger partial charge in [0.05, 0.1) is 7.11 Å². The Labute approximate surface area is 135 Å². The highest BCUT2D eigenvalue weighted by molar-refractivity contribution is 8.14. The van der Waals surface area contributed by atoms with E-state index in [0.717, 1.165) is 31.2 Å². The van der Waals surface area contributed by atoms with E-state index >= 15 is 0 Å². The van der Waals surface area contributed by atoms with Gasteiger partial charge in [-0.05, 0) is 19.3 Å². The minimum absolute atomic E-state index is 0.0821. The largest absolute Gasteiger partial charge is 0.469 e. The van der Waals surface area contributed by atoms with Crippen LogP contribution < -0.4 is 0 Å². The zero-order valence-electron chi connectivity index (χ0n) is 12.2. The van der Waals surface area contributed by atoms with Crippen molar-refractivity contribution in [2.45, 2.75) is 37.4 Å². The summed E-state index contributed by atoms with van der Waals surface area (Å²) in [6, 6.07) is 9.26. The lowest BCUT2D eigenvalue weighted by molar-refractivity contribution is -0.140. The highest BCUT2D eigenvalue weighted by atomic mass is 35.5. The molecule has 1 unspecified atom stereocenters. The van der Waals surface area contributed by atoms with Gasteiger partial charge in [-0.15, -0.1) is 11.6 Å². The highest BCUT2D eigenvalue weighted by Crippen LogP contribution is 2.25. The number of carbonyl (C=O) groups is 2. The number of alkyl halides is 1. The number of thioether (sulfide) groups is 1. The van der Waals surface area contributed by atoms with Crippen molar-refractivity contribution in [1.82, 2.24) is 0 Å². The Bertz CT molecular complexity index is 436. The molecule has 0 aliphatic carbocycles. The molecule has 0 aliphatic rings. The molecule has 0 saturated carbocycles. The summed E-state index contributed by atoms with van der Waals surface area (Å²) in [6.45, 7) is 0. The van der Waals surface area contributed by atoms with E-state index < -0.39 is 0 Å². The molecule has 5 heteroatoms. The van der Waals surface area contributed by atoms with E-state index in [1.807, 2.05) is 30.3 Å².